The molecule has 0 atom stereocenters. The Hall–Kier alpha value is -1.28. The van der Waals surface area contributed by atoms with Gasteiger partial charge in [-0.05, 0) is 26.0 Å². The number of benzene rings is 1. The first-order chi connectivity index (χ1) is 6.29. The fourth-order valence-electron chi connectivity index (χ4n) is 0.779. The van der Waals surface area contributed by atoms with Gasteiger partial charge in [0.1, 0.15) is 6.61 Å². The maximum Gasteiger partial charge on any atom is 0.165 e. The Labute approximate surface area is 78.7 Å². The summed E-state index contributed by atoms with van der Waals surface area (Å²) in [4.78, 5) is 9.97. The second-order valence-electron chi connectivity index (χ2n) is 2.96. The minimum Gasteiger partial charge on any atom is -0.337 e. The van der Waals surface area contributed by atoms with Crippen molar-refractivity contribution in [2.75, 3.05) is 6.61 Å². The Kier molecular flexibility index (Phi) is 4.06. The zero-order valence-corrected chi connectivity index (χ0v) is 7.99. The third-order valence-corrected chi connectivity index (χ3v) is 1.46. The van der Waals surface area contributed by atoms with Gasteiger partial charge in [-0.1, -0.05) is 29.8 Å². The van der Waals surface area contributed by atoms with E-state index in [9.17, 15) is 0 Å². The lowest BCUT2D eigenvalue weighted by atomic mass is 10.3. The highest BCUT2D eigenvalue weighted by Crippen LogP contribution is 2.08. The molecule has 0 amide bonds. The molecule has 0 aromatic heterocycles. The van der Waals surface area contributed by atoms with Crippen LogP contribution in [0.3, 0.4) is 0 Å². The van der Waals surface area contributed by atoms with Crippen LogP contribution in [0.15, 0.2) is 42.0 Å². The monoisotopic (exact) mass is 178 g/mol. The van der Waals surface area contributed by atoms with Crippen LogP contribution in [0.2, 0.25) is 0 Å². The van der Waals surface area contributed by atoms with E-state index >= 15 is 0 Å². The normalized spacial score (nSPS) is 9.38. The van der Waals surface area contributed by atoms with Crippen molar-refractivity contribution in [2.45, 2.75) is 13.8 Å². The summed E-state index contributed by atoms with van der Waals surface area (Å²) < 4.78 is 0. The lowest BCUT2D eigenvalue weighted by Crippen LogP contribution is -1.96. The van der Waals surface area contributed by atoms with Crippen molar-refractivity contribution in [3.63, 3.8) is 0 Å². The number of rotatable bonds is 4. The van der Waals surface area contributed by atoms with Gasteiger partial charge >= 0.3 is 0 Å². The summed E-state index contributed by atoms with van der Waals surface area (Å²) in [6.45, 7) is 4.52. The maximum absolute atomic E-state index is 5.01. The lowest BCUT2D eigenvalue weighted by molar-refractivity contribution is -0.195. The molecule has 1 rings (SSSR count). The highest BCUT2D eigenvalue weighted by molar-refractivity contribution is 5.20. The average Bonchev–Trinajstić information content (AvgIpc) is 2.14. The van der Waals surface area contributed by atoms with Crippen molar-refractivity contribution in [1.29, 1.82) is 0 Å². The Bertz CT molecular complexity index is 261. The van der Waals surface area contributed by atoms with Gasteiger partial charge in [0, 0.05) is 0 Å². The molecule has 0 aliphatic rings. The van der Waals surface area contributed by atoms with Crippen LogP contribution in [-0.2, 0) is 4.89 Å². The van der Waals surface area contributed by atoms with Crippen LogP contribution in [0.5, 0.6) is 5.75 Å². The molecule has 0 aliphatic heterocycles. The second kappa shape index (κ2) is 5.38. The van der Waals surface area contributed by atoms with Gasteiger partial charge in [-0.15, -0.1) is 0 Å². The van der Waals surface area contributed by atoms with Crippen LogP contribution < -0.4 is 4.89 Å². The predicted octanol–water partition coefficient (Wildman–Crippen LogP) is 2.96. The first kappa shape index (κ1) is 9.81. The molecule has 2 heteroatoms. The minimum absolute atomic E-state index is 0.483. The van der Waals surface area contributed by atoms with Gasteiger partial charge in [0.15, 0.2) is 5.75 Å². The van der Waals surface area contributed by atoms with E-state index < -0.39 is 0 Å². The topological polar surface area (TPSA) is 18.5 Å². The predicted molar refractivity (Wildman–Crippen MR) is 52.5 cm³/mol. The molecule has 1 aromatic carbocycles. The van der Waals surface area contributed by atoms with Crippen molar-refractivity contribution in [2.24, 2.45) is 0 Å². The molecule has 0 saturated carbocycles. The average molecular weight is 178 g/mol. The van der Waals surface area contributed by atoms with E-state index in [1.807, 2.05) is 50.3 Å². The van der Waals surface area contributed by atoms with Crippen molar-refractivity contribution >= 4 is 0 Å². The molecule has 0 fully saturated rings. The van der Waals surface area contributed by atoms with Gasteiger partial charge < -0.3 is 4.89 Å². The van der Waals surface area contributed by atoms with Crippen molar-refractivity contribution in [1.82, 2.24) is 0 Å². The Morgan fingerprint density at radius 1 is 1.23 bits per heavy atom. The molecule has 0 aliphatic carbocycles. The van der Waals surface area contributed by atoms with E-state index in [1.54, 1.807) is 0 Å². The molecule has 13 heavy (non-hydrogen) atoms. The van der Waals surface area contributed by atoms with Crippen molar-refractivity contribution < 1.29 is 9.78 Å². The molecule has 2 nitrogen and oxygen atoms in total. The van der Waals surface area contributed by atoms with E-state index in [2.05, 4.69) is 0 Å². The van der Waals surface area contributed by atoms with Crippen LogP contribution in [0.1, 0.15) is 13.8 Å². The maximum atomic E-state index is 5.01. The SMILES string of the molecule is CC(C)=CCOOc1ccccc1. The molecule has 1 aromatic rings. The van der Waals surface area contributed by atoms with Crippen LogP contribution in [-0.4, -0.2) is 6.61 Å². The second-order valence-corrected chi connectivity index (χ2v) is 2.96. The molecule has 70 valence electrons. The molecule has 0 spiro atoms. The molecule has 0 N–H and O–H groups in total. The number of hydrogen-bond donors (Lipinski definition) is 0. The highest BCUT2D eigenvalue weighted by Gasteiger charge is 1.89. The summed E-state index contributed by atoms with van der Waals surface area (Å²) in [6, 6.07) is 9.44. The third kappa shape index (κ3) is 4.33. The Morgan fingerprint density at radius 3 is 2.54 bits per heavy atom. The van der Waals surface area contributed by atoms with E-state index in [1.165, 1.54) is 5.57 Å². The fourth-order valence-corrected chi connectivity index (χ4v) is 0.779. The highest BCUT2D eigenvalue weighted by atomic mass is 17.2. The molecular weight excluding hydrogens is 164 g/mol. The summed E-state index contributed by atoms with van der Waals surface area (Å²) in [6.07, 6.45) is 1.96. The summed E-state index contributed by atoms with van der Waals surface area (Å²) in [5, 5.41) is 0. The molecule has 0 radical (unpaired) electrons. The standard InChI is InChI=1S/C11H14O2/c1-10(2)8-9-12-13-11-6-4-3-5-7-11/h3-8H,9H2,1-2H3. The van der Waals surface area contributed by atoms with Crippen LogP contribution in [0, 0.1) is 0 Å². The summed E-state index contributed by atoms with van der Waals surface area (Å²) in [5.74, 6) is 0.727. The molecular formula is C11H14O2. The summed E-state index contributed by atoms with van der Waals surface area (Å²) in [7, 11) is 0. The summed E-state index contributed by atoms with van der Waals surface area (Å²) >= 11 is 0. The van der Waals surface area contributed by atoms with Gasteiger partial charge in [-0.2, -0.15) is 4.89 Å². The van der Waals surface area contributed by atoms with E-state index in [-0.39, 0.29) is 0 Å². The molecule has 0 heterocycles. The Balaban J connectivity index is 2.25. The van der Waals surface area contributed by atoms with E-state index in [4.69, 9.17) is 9.78 Å². The van der Waals surface area contributed by atoms with Crippen LogP contribution in [0.25, 0.3) is 0 Å². The molecule has 0 unspecified atom stereocenters. The molecule has 0 saturated heterocycles. The van der Waals surface area contributed by atoms with E-state index in [0.29, 0.717) is 6.61 Å². The number of para-hydroxylation sites is 1. The largest absolute Gasteiger partial charge is 0.337 e. The zero-order valence-electron chi connectivity index (χ0n) is 7.99. The number of hydrogen-bond acceptors (Lipinski definition) is 2. The minimum atomic E-state index is 0.483. The van der Waals surface area contributed by atoms with Crippen LogP contribution in [0.4, 0.5) is 0 Å². The quantitative estimate of drug-likeness (QED) is 0.305. The van der Waals surface area contributed by atoms with Gasteiger partial charge in [-0.3, -0.25) is 0 Å². The van der Waals surface area contributed by atoms with Gasteiger partial charge in [0.2, 0.25) is 0 Å². The number of allylic oxidation sites excluding steroid dienone is 1. The van der Waals surface area contributed by atoms with Crippen LogP contribution >= 0.6 is 0 Å². The van der Waals surface area contributed by atoms with Crippen molar-refractivity contribution in [3.05, 3.63) is 42.0 Å². The lowest BCUT2D eigenvalue weighted by Gasteiger charge is -2.01. The smallest absolute Gasteiger partial charge is 0.165 e. The molecule has 0 bridgehead atoms. The summed E-state index contributed by atoms with van der Waals surface area (Å²) in [5.41, 5.74) is 1.22. The van der Waals surface area contributed by atoms with Crippen molar-refractivity contribution in [3.8, 4) is 5.75 Å². The van der Waals surface area contributed by atoms with E-state index in [0.717, 1.165) is 5.75 Å². The first-order valence-electron chi connectivity index (χ1n) is 4.27. The third-order valence-electron chi connectivity index (χ3n) is 1.46. The zero-order chi connectivity index (χ0) is 9.52. The Morgan fingerprint density at radius 2 is 1.92 bits per heavy atom. The first-order valence-corrected chi connectivity index (χ1v) is 4.27. The van der Waals surface area contributed by atoms with Gasteiger partial charge in [0.25, 0.3) is 0 Å². The van der Waals surface area contributed by atoms with Gasteiger partial charge in [0.05, 0.1) is 0 Å². The van der Waals surface area contributed by atoms with Gasteiger partial charge in [-0.25, -0.2) is 0 Å². The fraction of sp³-hybridized carbons (Fsp3) is 0.273.